The highest BCUT2D eigenvalue weighted by molar-refractivity contribution is 4.91. The zero-order valence-corrected chi connectivity index (χ0v) is 12.1. The molecule has 0 radical (unpaired) electrons. The standard InChI is InChI=1S/C16H31N/c1-5-14-8-10-15(11-9-14)16(17-6-2)12-7-13(3)4/h14-17H,3,5-12H2,1-2,4H3. The SMILES string of the molecule is C=C(C)CCC(NCC)C1CCC(CC)CC1. The predicted octanol–water partition coefficient (Wildman–Crippen LogP) is 4.54. The minimum Gasteiger partial charge on any atom is -0.314 e. The van der Waals surface area contributed by atoms with Crippen molar-refractivity contribution in [1.82, 2.24) is 5.32 Å². The summed E-state index contributed by atoms with van der Waals surface area (Å²) in [5, 5.41) is 3.70. The van der Waals surface area contributed by atoms with Crippen LogP contribution in [0.4, 0.5) is 0 Å². The summed E-state index contributed by atoms with van der Waals surface area (Å²) in [6.07, 6.45) is 9.63. The first-order valence-electron chi connectivity index (χ1n) is 7.55. The first-order chi connectivity index (χ1) is 8.17. The third kappa shape index (κ3) is 5.25. The third-order valence-corrected chi connectivity index (χ3v) is 4.39. The summed E-state index contributed by atoms with van der Waals surface area (Å²) < 4.78 is 0. The second-order valence-corrected chi connectivity index (χ2v) is 5.85. The molecule has 1 fully saturated rings. The molecular formula is C16H31N. The average Bonchev–Trinajstić information content (AvgIpc) is 2.34. The predicted molar refractivity (Wildman–Crippen MR) is 77.3 cm³/mol. The van der Waals surface area contributed by atoms with Crippen molar-refractivity contribution in [3.63, 3.8) is 0 Å². The van der Waals surface area contributed by atoms with Crippen molar-refractivity contribution in [2.75, 3.05) is 6.54 Å². The van der Waals surface area contributed by atoms with Gasteiger partial charge in [0.25, 0.3) is 0 Å². The van der Waals surface area contributed by atoms with E-state index in [0.717, 1.165) is 24.4 Å². The Bertz CT molecular complexity index is 214. The largest absolute Gasteiger partial charge is 0.314 e. The summed E-state index contributed by atoms with van der Waals surface area (Å²) in [5.74, 6) is 1.92. The van der Waals surface area contributed by atoms with E-state index >= 15 is 0 Å². The molecule has 0 bridgehead atoms. The summed E-state index contributed by atoms with van der Waals surface area (Å²) in [4.78, 5) is 0. The fourth-order valence-electron chi connectivity index (χ4n) is 3.17. The van der Waals surface area contributed by atoms with Crippen molar-refractivity contribution in [2.45, 2.75) is 71.8 Å². The molecule has 100 valence electrons. The van der Waals surface area contributed by atoms with Crippen LogP contribution in [0.1, 0.15) is 65.7 Å². The molecule has 0 amide bonds. The van der Waals surface area contributed by atoms with Crippen LogP contribution in [0.25, 0.3) is 0 Å². The molecule has 0 aliphatic heterocycles. The molecule has 1 aliphatic carbocycles. The molecule has 1 saturated carbocycles. The monoisotopic (exact) mass is 237 g/mol. The Labute approximate surface area is 108 Å². The van der Waals surface area contributed by atoms with Crippen LogP contribution in [-0.2, 0) is 0 Å². The first-order valence-corrected chi connectivity index (χ1v) is 7.55. The van der Waals surface area contributed by atoms with Gasteiger partial charge in [-0.05, 0) is 51.0 Å². The van der Waals surface area contributed by atoms with Crippen molar-refractivity contribution < 1.29 is 0 Å². The van der Waals surface area contributed by atoms with E-state index in [1.54, 1.807) is 0 Å². The molecule has 17 heavy (non-hydrogen) atoms. The molecule has 1 nitrogen and oxygen atoms in total. The van der Waals surface area contributed by atoms with Gasteiger partial charge in [0.2, 0.25) is 0 Å². The molecule has 1 unspecified atom stereocenters. The average molecular weight is 237 g/mol. The van der Waals surface area contributed by atoms with E-state index in [9.17, 15) is 0 Å². The molecule has 0 aromatic rings. The number of rotatable bonds is 7. The van der Waals surface area contributed by atoms with Gasteiger partial charge in [0.05, 0.1) is 0 Å². The molecule has 1 heteroatoms. The topological polar surface area (TPSA) is 12.0 Å². The van der Waals surface area contributed by atoms with E-state index in [4.69, 9.17) is 0 Å². The van der Waals surface area contributed by atoms with Crippen molar-refractivity contribution in [1.29, 1.82) is 0 Å². The maximum atomic E-state index is 4.03. The van der Waals surface area contributed by atoms with Gasteiger partial charge in [-0.1, -0.05) is 38.7 Å². The quantitative estimate of drug-likeness (QED) is 0.641. The fourth-order valence-corrected chi connectivity index (χ4v) is 3.17. The summed E-state index contributed by atoms with van der Waals surface area (Å²) in [6, 6.07) is 0.731. The zero-order chi connectivity index (χ0) is 12.7. The molecule has 0 heterocycles. The Morgan fingerprint density at radius 1 is 1.24 bits per heavy atom. The van der Waals surface area contributed by atoms with Crippen LogP contribution in [-0.4, -0.2) is 12.6 Å². The van der Waals surface area contributed by atoms with E-state index in [-0.39, 0.29) is 0 Å². The smallest absolute Gasteiger partial charge is 0.00982 e. The Balaban J connectivity index is 2.39. The molecule has 0 spiro atoms. The van der Waals surface area contributed by atoms with Crippen LogP contribution >= 0.6 is 0 Å². The van der Waals surface area contributed by atoms with Gasteiger partial charge in [-0.15, -0.1) is 6.58 Å². The maximum absolute atomic E-state index is 4.03. The number of allylic oxidation sites excluding steroid dienone is 1. The van der Waals surface area contributed by atoms with Gasteiger partial charge in [0.1, 0.15) is 0 Å². The van der Waals surface area contributed by atoms with Crippen molar-refractivity contribution in [3.8, 4) is 0 Å². The highest BCUT2D eigenvalue weighted by atomic mass is 14.9. The Morgan fingerprint density at radius 3 is 2.35 bits per heavy atom. The molecule has 0 saturated heterocycles. The Hall–Kier alpha value is -0.300. The number of hydrogen-bond donors (Lipinski definition) is 1. The van der Waals surface area contributed by atoms with Crippen LogP contribution in [0.3, 0.4) is 0 Å². The normalized spacial score (nSPS) is 26.8. The highest BCUT2D eigenvalue weighted by Gasteiger charge is 2.26. The maximum Gasteiger partial charge on any atom is 0.00982 e. The van der Waals surface area contributed by atoms with E-state index in [1.807, 2.05) is 0 Å². The van der Waals surface area contributed by atoms with Gasteiger partial charge in [-0.25, -0.2) is 0 Å². The lowest BCUT2D eigenvalue weighted by Crippen LogP contribution is -2.38. The third-order valence-electron chi connectivity index (χ3n) is 4.39. The van der Waals surface area contributed by atoms with Crippen LogP contribution in [0.5, 0.6) is 0 Å². The van der Waals surface area contributed by atoms with Gasteiger partial charge in [-0.3, -0.25) is 0 Å². The summed E-state index contributed by atoms with van der Waals surface area (Å²) in [5.41, 5.74) is 1.33. The summed E-state index contributed by atoms with van der Waals surface area (Å²) in [6.45, 7) is 11.9. The second-order valence-electron chi connectivity index (χ2n) is 5.85. The Kier molecular flexibility index (Phi) is 6.87. The molecule has 1 N–H and O–H groups in total. The van der Waals surface area contributed by atoms with Gasteiger partial charge < -0.3 is 5.32 Å². The summed E-state index contributed by atoms with van der Waals surface area (Å²) >= 11 is 0. The van der Waals surface area contributed by atoms with Gasteiger partial charge >= 0.3 is 0 Å². The van der Waals surface area contributed by atoms with Crippen LogP contribution in [0.2, 0.25) is 0 Å². The van der Waals surface area contributed by atoms with Gasteiger partial charge in [0, 0.05) is 6.04 Å². The van der Waals surface area contributed by atoms with E-state index in [1.165, 1.54) is 50.5 Å². The van der Waals surface area contributed by atoms with E-state index < -0.39 is 0 Å². The van der Waals surface area contributed by atoms with E-state index in [0.29, 0.717) is 0 Å². The van der Waals surface area contributed by atoms with Crippen LogP contribution < -0.4 is 5.32 Å². The molecule has 1 aliphatic rings. The molecule has 0 aromatic heterocycles. The first kappa shape index (κ1) is 14.8. The zero-order valence-electron chi connectivity index (χ0n) is 12.1. The fraction of sp³-hybridized carbons (Fsp3) is 0.875. The summed E-state index contributed by atoms with van der Waals surface area (Å²) in [7, 11) is 0. The lowest BCUT2D eigenvalue weighted by molar-refractivity contribution is 0.212. The number of hydrogen-bond acceptors (Lipinski definition) is 1. The lowest BCUT2D eigenvalue weighted by atomic mass is 9.76. The molecule has 0 aromatic carbocycles. The van der Waals surface area contributed by atoms with E-state index in [2.05, 4.69) is 32.7 Å². The second kappa shape index (κ2) is 7.92. The molecule has 1 atom stereocenters. The Morgan fingerprint density at radius 2 is 1.88 bits per heavy atom. The van der Waals surface area contributed by atoms with Crippen LogP contribution in [0, 0.1) is 11.8 Å². The lowest BCUT2D eigenvalue weighted by Gasteiger charge is -2.34. The highest BCUT2D eigenvalue weighted by Crippen LogP contribution is 2.33. The number of nitrogens with one attached hydrogen (secondary N) is 1. The van der Waals surface area contributed by atoms with Gasteiger partial charge in [-0.2, -0.15) is 0 Å². The van der Waals surface area contributed by atoms with Crippen molar-refractivity contribution in [3.05, 3.63) is 12.2 Å². The minimum absolute atomic E-state index is 0.731. The molecular weight excluding hydrogens is 206 g/mol. The minimum atomic E-state index is 0.731. The van der Waals surface area contributed by atoms with Gasteiger partial charge in [0.15, 0.2) is 0 Å². The van der Waals surface area contributed by atoms with Crippen molar-refractivity contribution >= 4 is 0 Å². The molecule has 1 rings (SSSR count). The van der Waals surface area contributed by atoms with Crippen LogP contribution in [0.15, 0.2) is 12.2 Å². The van der Waals surface area contributed by atoms with Crippen molar-refractivity contribution in [2.24, 2.45) is 11.8 Å².